The van der Waals surface area contributed by atoms with E-state index in [1.807, 2.05) is 0 Å². The molecule has 0 aromatic heterocycles. The molecule has 0 fully saturated rings. The Bertz CT molecular complexity index is 1290. The SMILES string of the molecule is COc1ccc(Br)cc1/C=N\NC(=O)CN(c1ccc(Cl)c(Cl)c1)S(=O)(=O)c1ccccc1. The average Bonchev–Trinajstić information content (AvgIpc) is 2.80. The highest BCUT2D eigenvalue weighted by atomic mass is 79.9. The number of hydrogen-bond acceptors (Lipinski definition) is 5. The van der Waals surface area contributed by atoms with E-state index in [9.17, 15) is 13.2 Å². The largest absolute Gasteiger partial charge is 0.496 e. The third-order valence-electron chi connectivity index (χ3n) is 4.39. The molecule has 0 aliphatic heterocycles. The molecule has 7 nitrogen and oxygen atoms in total. The molecule has 0 unspecified atom stereocenters. The molecule has 0 radical (unpaired) electrons. The van der Waals surface area contributed by atoms with Crippen molar-refractivity contribution in [3.8, 4) is 5.75 Å². The Morgan fingerprint density at radius 1 is 1.09 bits per heavy atom. The summed E-state index contributed by atoms with van der Waals surface area (Å²) in [6.45, 7) is -0.540. The van der Waals surface area contributed by atoms with Crippen molar-refractivity contribution in [2.24, 2.45) is 5.10 Å². The molecular weight excluding hydrogens is 553 g/mol. The second-order valence-corrected chi connectivity index (χ2v) is 10.2. The van der Waals surface area contributed by atoms with E-state index in [2.05, 4.69) is 26.5 Å². The van der Waals surface area contributed by atoms with Crippen molar-refractivity contribution in [2.45, 2.75) is 4.90 Å². The summed E-state index contributed by atoms with van der Waals surface area (Å²) < 4.78 is 33.6. The van der Waals surface area contributed by atoms with Gasteiger partial charge in [-0.3, -0.25) is 9.10 Å². The number of halogens is 3. The minimum Gasteiger partial charge on any atom is -0.496 e. The fourth-order valence-corrected chi connectivity index (χ4v) is 4.93. The van der Waals surface area contributed by atoms with Gasteiger partial charge in [-0.2, -0.15) is 5.10 Å². The first-order valence-electron chi connectivity index (χ1n) is 9.40. The van der Waals surface area contributed by atoms with Gasteiger partial charge >= 0.3 is 0 Å². The zero-order valence-electron chi connectivity index (χ0n) is 17.2. The van der Waals surface area contributed by atoms with Crippen LogP contribution in [0, 0.1) is 0 Å². The maximum Gasteiger partial charge on any atom is 0.264 e. The molecule has 0 bridgehead atoms. The monoisotopic (exact) mass is 569 g/mol. The minimum atomic E-state index is -4.08. The Labute approximate surface area is 210 Å². The van der Waals surface area contributed by atoms with Gasteiger partial charge < -0.3 is 4.74 Å². The number of amides is 1. The highest BCUT2D eigenvalue weighted by Gasteiger charge is 2.27. The van der Waals surface area contributed by atoms with Gasteiger partial charge in [0.15, 0.2) is 0 Å². The first-order chi connectivity index (χ1) is 15.7. The summed E-state index contributed by atoms with van der Waals surface area (Å²) in [5.74, 6) is -0.105. The molecule has 0 heterocycles. The highest BCUT2D eigenvalue weighted by Crippen LogP contribution is 2.30. The standard InChI is InChI=1S/C22H18BrCl2N3O4S/c1-32-21-10-7-16(23)11-15(21)13-26-27-22(29)14-28(17-8-9-19(24)20(25)12-17)33(30,31)18-5-3-2-4-6-18/h2-13H,14H2,1H3,(H,27,29)/b26-13-. The number of sulfonamides is 1. The molecule has 0 aliphatic rings. The lowest BCUT2D eigenvalue weighted by molar-refractivity contribution is -0.119. The third kappa shape index (κ3) is 6.26. The van der Waals surface area contributed by atoms with Gasteiger partial charge in [0.2, 0.25) is 0 Å². The number of anilines is 1. The van der Waals surface area contributed by atoms with Crippen LogP contribution in [0.3, 0.4) is 0 Å². The molecule has 0 saturated carbocycles. The minimum absolute atomic E-state index is 0.0197. The van der Waals surface area contributed by atoms with Crippen LogP contribution in [0.5, 0.6) is 5.75 Å². The molecular formula is C22H18BrCl2N3O4S. The molecule has 172 valence electrons. The Hall–Kier alpha value is -2.59. The lowest BCUT2D eigenvalue weighted by Gasteiger charge is -2.24. The van der Waals surface area contributed by atoms with Crippen molar-refractivity contribution in [2.75, 3.05) is 18.0 Å². The summed E-state index contributed by atoms with van der Waals surface area (Å²) in [6, 6.07) is 17.4. The highest BCUT2D eigenvalue weighted by molar-refractivity contribution is 9.10. The van der Waals surface area contributed by atoms with Gasteiger partial charge in [0.1, 0.15) is 12.3 Å². The number of methoxy groups -OCH3 is 1. The van der Waals surface area contributed by atoms with Gasteiger partial charge in [0.25, 0.3) is 15.9 Å². The summed E-state index contributed by atoms with van der Waals surface area (Å²) >= 11 is 15.4. The maximum absolute atomic E-state index is 13.3. The summed E-state index contributed by atoms with van der Waals surface area (Å²) in [5.41, 5.74) is 3.14. The average molecular weight is 571 g/mol. The van der Waals surface area contributed by atoms with Crippen LogP contribution in [-0.2, 0) is 14.8 Å². The third-order valence-corrected chi connectivity index (χ3v) is 7.41. The normalized spacial score (nSPS) is 11.4. The second-order valence-electron chi connectivity index (χ2n) is 6.60. The van der Waals surface area contributed by atoms with E-state index in [0.29, 0.717) is 11.3 Å². The van der Waals surface area contributed by atoms with Gasteiger partial charge in [0, 0.05) is 10.0 Å². The van der Waals surface area contributed by atoms with Crippen molar-refractivity contribution >= 4 is 67.0 Å². The number of nitrogens with zero attached hydrogens (tertiary/aromatic N) is 2. The predicted octanol–water partition coefficient (Wildman–Crippen LogP) is 5.11. The van der Waals surface area contributed by atoms with Gasteiger partial charge in [0.05, 0.1) is 34.0 Å². The van der Waals surface area contributed by atoms with Gasteiger partial charge in [-0.25, -0.2) is 13.8 Å². The number of hydrazone groups is 1. The maximum atomic E-state index is 13.3. The van der Waals surface area contributed by atoms with Crippen molar-refractivity contribution in [1.29, 1.82) is 0 Å². The molecule has 11 heteroatoms. The Morgan fingerprint density at radius 2 is 1.82 bits per heavy atom. The van der Waals surface area contributed by atoms with Crippen LogP contribution in [0.4, 0.5) is 5.69 Å². The zero-order chi connectivity index (χ0) is 24.0. The van der Waals surface area contributed by atoms with E-state index in [1.165, 1.54) is 43.7 Å². The summed E-state index contributed by atoms with van der Waals surface area (Å²) in [5, 5.41) is 4.34. The molecule has 0 atom stereocenters. The lowest BCUT2D eigenvalue weighted by atomic mass is 10.2. The van der Waals surface area contributed by atoms with Crippen LogP contribution in [0.1, 0.15) is 5.56 Å². The molecule has 1 N–H and O–H groups in total. The Balaban J connectivity index is 1.87. The first-order valence-corrected chi connectivity index (χ1v) is 12.4. The van der Waals surface area contributed by atoms with Crippen LogP contribution < -0.4 is 14.5 Å². The van der Waals surface area contributed by atoms with E-state index in [4.69, 9.17) is 27.9 Å². The number of benzene rings is 3. The molecule has 1 amide bonds. The number of carbonyl (C=O) groups excluding carboxylic acids is 1. The van der Waals surface area contributed by atoms with E-state index in [-0.39, 0.29) is 20.6 Å². The van der Waals surface area contributed by atoms with Crippen molar-refractivity contribution in [3.63, 3.8) is 0 Å². The molecule has 0 spiro atoms. The molecule has 3 aromatic carbocycles. The smallest absolute Gasteiger partial charge is 0.264 e. The Morgan fingerprint density at radius 3 is 2.48 bits per heavy atom. The quantitative estimate of drug-likeness (QED) is 0.301. The van der Waals surface area contributed by atoms with E-state index in [0.717, 1.165) is 8.78 Å². The van der Waals surface area contributed by atoms with Crippen molar-refractivity contribution < 1.29 is 17.9 Å². The van der Waals surface area contributed by atoms with Crippen molar-refractivity contribution in [3.05, 3.63) is 86.8 Å². The number of hydrogen-bond donors (Lipinski definition) is 1. The summed E-state index contributed by atoms with van der Waals surface area (Å²) in [7, 11) is -2.56. The van der Waals surface area contributed by atoms with Gasteiger partial charge in [-0.15, -0.1) is 0 Å². The van der Waals surface area contributed by atoms with Gasteiger partial charge in [-0.05, 0) is 48.5 Å². The molecule has 0 aliphatic carbocycles. The van der Waals surface area contributed by atoms with Gasteiger partial charge in [-0.1, -0.05) is 57.3 Å². The van der Waals surface area contributed by atoms with E-state index < -0.39 is 22.5 Å². The number of rotatable bonds is 8. The second kappa shape index (κ2) is 11.0. The zero-order valence-corrected chi connectivity index (χ0v) is 21.1. The molecule has 33 heavy (non-hydrogen) atoms. The fourth-order valence-electron chi connectivity index (χ4n) is 2.82. The lowest BCUT2D eigenvalue weighted by Crippen LogP contribution is -2.39. The number of carbonyl (C=O) groups is 1. The molecule has 0 saturated heterocycles. The van der Waals surface area contributed by atoms with Crippen molar-refractivity contribution in [1.82, 2.24) is 5.43 Å². The topological polar surface area (TPSA) is 88.1 Å². The molecule has 3 rings (SSSR count). The number of ether oxygens (including phenoxy) is 1. The van der Waals surface area contributed by atoms with Crippen LogP contribution in [0.2, 0.25) is 10.0 Å². The first kappa shape index (κ1) is 25.0. The predicted molar refractivity (Wildman–Crippen MR) is 134 cm³/mol. The van der Waals surface area contributed by atoms with Crippen LogP contribution in [0.15, 0.2) is 81.2 Å². The van der Waals surface area contributed by atoms with Crippen LogP contribution in [-0.4, -0.2) is 34.2 Å². The summed E-state index contributed by atoms with van der Waals surface area (Å²) in [6.07, 6.45) is 1.40. The van der Waals surface area contributed by atoms with Crippen LogP contribution in [0.25, 0.3) is 0 Å². The van der Waals surface area contributed by atoms with Crippen LogP contribution >= 0.6 is 39.1 Å². The van der Waals surface area contributed by atoms with E-state index in [1.54, 1.807) is 36.4 Å². The number of nitrogens with one attached hydrogen (secondary N) is 1. The Kier molecular flexibility index (Phi) is 8.36. The van der Waals surface area contributed by atoms with E-state index >= 15 is 0 Å². The summed E-state index contributed by atoms with van der Waals surface area (Å²) in [4.78, 5) is 12.7. The fraction of sp³-hybridized carbons (Fsp3) is 0.0909. The molecule has 3 aromatic rings.